The van der Waals surface area contributed by atoms with Crippen LogP contribution in [0.15, 0.2) is 59.7 Å². The van der Waals surface area contributed by atoms with Gasteiger partial charge in [0.1, 0.15) is 18.1 Å². The summed E-state index contributed by atoms with van der Waals surface area (Å²) in [5, 5.41) is 22.3. The highest BCUT2D eigenvalue weighted by molar-refractivity contribution is 6.06. The molecule has 0 fully saturated rings. The van der Waals surface area contributed by atoms with E-state index in [0.717, 1.165) is 10.5 Å². The van der Waals surface area contributed by atoms with Crippen LogP contribution in [0.1, 0.15) is 45.2 Å². The second-order valence-corrected chi connectivity index (χ2v) is 9.18. The van der Waals surface area contributed by atoms with Gasteiger partial charge in [0.05, 0.1) is 5.56 Å². The van der Waals surface area contributed by atoms with Gasteiger partial charge in [-0.25, -0.2) is 28.8 Å². The number of carboxylic acids is 1. The molecule has 3 amide bonds. The summed E-state index contributed by atoms with van der Waals surface area (Å²) in [4.78, 5) is 66.2. The molecule has 228 valence electrons. The first-order valence-corrected chi connectivity index (χ1v) is 13.1. The zero-order chi connectivity index (χ0) is 31.8. The predicted octanol–water partition coefficient (Wildman–Crippen LogP) is 3.46. The Morgan fingerprint density at radius 2 is 1.91 bits per heavy atom. The highest BCUT2D eigenvalue weighted by atomic mass is 16.7. The Kier molecular flexibility index (Phi) is 9.64. The van der Waals surface area contributed by atoms with Crippen LogP contribution < -0.4 is 10.6 Å². The minimum atomic E-state index is -1.35. The number of fused-ring (bicyclic) bond motifs is 1. The van der Waals surface area contributed by atoms with Crippen molar-refractivity contribution in [1.29, 1.82) is 0 Å². The fourth-order valence-corrected chi connectivity index (χ4v) is 4.01. The Hall–Kier alpha value is -6.06. The molecule has 0 saturated heterocycles. The van der Waals surface area contributed by atoms with Gasteiger partial charge in [0.15, 0.2) is 11.6 Å². The molecule has 0 aliphatic carbocycles. The van der Waals surface area contributed by atoms with Crippen LogP contribution in [0.4, 0.5) is 22.1 Å². The van der Waals surface area contributed by atoms with Gasteiger partial charge < -0.3 is 29.7 Å². The number of imide groups is 1. The van der Waals surface area contributed by atoms with E-state index in [0.29, 0.717) is 46.7 Å². The monoisotopic (exact) mass is 605 g/mol. The van der Waals surface area contributed by atoms with Crippen molar-refractivity contribution >= 4 is 52.7 Å². The molecule has 44 heavy (non-hydrogen) atoms. The van der Waals surface area contributed by atoms with Crippen LogP contribution in [0.25, 0.3) is 5.52 Å². The summed E-state index contributed by atoms with van der Waals surface area (Å²) in [6.45, 7) is 4.42. The van der Waals surface area contributed by atoms with E-state index >= 15 is 0 Å². The van der Waals surface area contributed by atoms with Crippen molar-refractivity contribution in [3.05, 3.63) is 77.5 Å². The number of hydrogen-bond donors (Lipinski definition) is 3. The van der Waals surface area contributed by atoms with Crippen molar-refractivity contribution in [2.24, 2.45) is 0 Å². The molecule has 16 heteroatoms. The van der Waals surface area contributed by atoms with Crippen molar-refractivity contribution in [2.75, 3.05) is 24.0 Å². The minimum Gasteiger partial charge on any atom is -0.478 e. The number of amides is 3. The van der Waals surface area contributed by atoms with Crippen molar-refractivity contribution < 1.29 is 43.1 Å². The van der Waals surface area contributed by atoms with Crippen molar-refractivity contribution in [1.82, 2.24) is 24.7 Å². The van der Waals surface area contributed by atoms with Gasteiger partial charge in [0.2, 0.25) is 6.79 Å². The number of esters is 1. The number of aryl methyl sites for hydroxylation is 2. The third-order valence-corrected chi connectivity index (χ3v) is 6.15. The Bertz CT molecular complexity index is 1750. The number of rotatable bonds is 11. The minimum absolute atomic E-state index is 0.00463. The van der Waals surface area contributed by atoms with Gasteiger partial charge in [0.25, 0.3) is 11.8 Å². The fourth-order valence-electron chi connectivity index (χ4n) is 4.01. The van der Waals surface area contributed by atoms with E-state index in [2.05, 4.69) is 30.6 Å². The summed E-state index contributed by atoms with van der Waals surface area (Å²) in [6.07, 6.45) is 4.62. The number of carbonyl (C=O) groups is 5. The highest BCUT2D eigenvalue weighted by Gasteiger charge is 2.28. The first-order chi connectivity index (χ1) is 21.1. The second kappa shape index (κ2) is 13.7. The summed E-state index contributed by atoms with van der Waals surface area (Å²) in [5.74, 6) is -2.90. The zero-order valence-electron chi connectivity index (χ0n) is 23.8. The maximum absolute atomic E-state index is 13.5. The summed E-state index contributed by atoms with van der Waals surface area (Å²) >= 11 is 0. The Morgan fingerprint density at radius 3 is 2.61 bits per heavy atom. The number of hydrogen-bond acceptors (Lipinski definition) is 12. The molecule has 0 spiro atoms. The van der Waals surface area contributed by atoms with Crippen LogP contribution in [-0.2, 0) is 19.1 Å². The van der Waals surface area contributed by atoms with Gasteiger partial charge in [0, 0.05) is 42.2 Å². The van der Waals surface area contributed by atoms with E-state index < -0.39 is 36.6 Å². The predicted molar refractivity (Wildman–Crippen MR) is 152 cm³/mol. The fraction of sp³-hybridized carbons (Fsp3) is 0.214. The van der Waals surface area contributed by atoms with Crippen LogP contribution in [-0.4, -0.2) is 72.9 Å². The Labute approximate surface area is 249 Å². The molecule has 0 aliphatic heterocycles. The molecule has 0 saturated carbocycles. The third-order valence-electron chi connectivity index (χ3n) is 6.15. The maximum Gasteiger partial charge on any atom is 0.419 e. The van der Waals surface area contributed by atoms with E-state index in [9.17, 15) is 24.0 Å². The summed E-state index contributed by atoms with van der Waals surface area (Å²) in [7, 11) is 0. The number of ether oxygens (including phenoxy) is 2. The van der Waals surface area contributed by atoms with Crippen LogP contribution in [0.2, 0.25) is 0 Å². The van der Waals surface area contributed by atoms with E-state index in [4.69, 9.17) is 14.4 Å². The maximum atomic E-state index is 13.5. The number of aliphatic carboxylic acids is 1. The number of nitrogens with one attached hydrogen (secondary N) is 2. The van der Waals surface area contributed by atoms with Gasteiger partial charge in [-0.15, -0.1) is 0 Å². The van der Waals surface area contributed by atoms with Crippen LogP contribution in [0.3, 0.4) is 0 Å². The van der Waals surface area contributed by atoms with Crippen LogP contribution in [0.5, 0.6) is 0 Å². The topological polar surface area (TPSA) is 208 Å². The summed E-state index contributed by atoms with van der Waals surface area (Å²) in [5.41, 5.74) is 2.74. The number of benzene rings is 1. The molecule has 16 nitrogen and oxygen atoms in total. The van der Waals surface area contributed by atoms with Gasteiger partial charge in [-0.1, -0.05) is 18.1 Å². The lowest BCUT2D eigenvalue weighted by molar-refractivity contribution is -0.146. The van der Waals surface area contributed by atoms with Crippen molar-refractivity contribution in [2.45, 2.75) is 27.2 Å². The lowest BCUT2D eigenvalue weighted by Crippen LogP contribution is -2.38. The van der Waals surface area contributed by atoms with Gasteiger partial charge in [-0.3, -0.25) is 9.59 Å². The van der Waals surface area contributed by atoms with Crippen LogP contribution in [0, 0.1) is 13.8 Å². The first kappa shape index (κ1) is 30.9. The molecule has 4 aromatic rings. The second-order valence-electron chi connectivity index (χ2n) is 9.18. The van der Waals surface area contributed by atoms with E-state index in [-0.39, 0.29) is 17.9 Å². The average Bonchev–Trinajstić information content (AvgIpc) is 3.63. The molecule has 0 aliphatic rings. The number of nitrogens with zero attached hydrogens (tertiary/aromatic N) is 5. The largest absolute Gasteiger partial charge is 0.478 e. The molecular formula is C28H27N7O9. The number of anilines is 3. The van der Waals surface area contributed by atoms with E-state index in [1.165, 1.54) is 29.4 Å². The molecule has 4 rings (SSSR count). The average molecular weight is 606 g/mol. The quantitative estimate of drug-likeness (QED) is 0.127. The normalized spacial score (nSPS) is 10.9. The molecule has 0 bridgehead atoms. The van der Waals surface area contributed by atoms with Gasteiger partial charge in [-0.05, 0) is 43.5 Å². The first-order valence-electron chi connectivity index (χ1n) is 13.1. The van der Waals surface area contributed by atoms with Gasteiger partial charge in [-0.2, -0.15) is 5.10 Å². The Morgan fingerprint density at radius 1 is 1.11 bits per heavy atom. The Balaban J connectivity index is 1.55. The number of aromatic nitrogens is 4. The molecule has 3 aromatic heterocycles. The molecule has 3 N–H and O–H groups in total. The lowest BCUT2D eigenvalue weighted by atomic mass is 10.1. The zero-order valence-corrected chi connectivity index (χ0v) is 23.8. The van der Waals surface area contributed by atoms with E-state index in [1.807, 2.05) is 6.92 Å². The third kappa shape index (κ3) is 7.22. The smallest absolute Gasteiger partial charge is 0.419 e. The van der Waals surface area contributed by atoms with Crippen molar-refractivity contribution in [3.8, 4) is 0 Å². The molecule has 1 aromatic carbocycles. The van der Waals surface area contributed by atoms with Crippen molar-refractivity contribution in [3.63, 3.8) is 0 Å². The van der Waals surface area contributed by atoms with Crippen LogP contribution >= 0.6 is 0 Å². The molecule has 0 atom stereocenters. The van der Waals surface area contributed by atoms with Gasteiger partial charge >= 0.3 is 18.0 Å². The standard InChI is InChI=1S/C28H27N7O9/c1-4-10-34(28(41)43-15-42-23(38)8-7-22(36)37)27(40)19-13-35-24(17(19)3)25(29-14-30-35)31-20-12-18(6-5-16(20)2)26(39)32-21-9-11-44-33-21/h5-9,11-14H,4,10,15H2,1-3H3,(H,36,37)(H,29,30,31)(H,32,33,39)/b8-7+. The lowest BCUT2D eigenvalue weighted by Gasteiger charge is -2.19. The highest BCUT2D eigenvalue weighted by Crippen LogP contribution is 2.28. The molecule has 0 unspecified atom stereocenters. The summed E-state index contributed by atoms with van der Waals surface area (Å²) in [6, 6.07) is 6.55. The molecular weight excluding hydrogens is 578 g/mol. The van der Waals surface area contributed by atoms with E-state index in [1.54, 1.807) is 32.0 Å². The molecule has 3 heterocycles. The number of carboxylic acid groups (broad SMARTS) is 1. The number of carbonyl (C=O) groups excluding carboxylic acids is 4. The molecule has 0 radical (unpaired) electrons. The summed E-state index contributed by atoms with van der Waals surface area (Å²) < 4.78 is 15.7. The SMILES string of the molecule is CCCN(C(=O)OCOC(=O)/C=C/C(=O)O)C(=O)c1cn2ncnc(Nc3cc(C(=O)Nc4ccon4)ccc3C)c2c1C.